The molecule has 0 aromatic carbocycles. The van der Waals surface area contributed by atoms with Crippen molar-refractivity contribution in [2.45, 2.75) is 32.3 Å². The lowest BCUT2D eigenvalue weighted by molar-refractivity contribution is -0.0300. The zero-order valence-electron chi connectivity index (χ0n) is 12.3. The van der Waals surface area contributed by atoms with Crippen molar-refractivity contribution in [3.05, 3.63) is 23.5 Å². The van der Waals surface area contributed by atoms with E-state index >= 15 is 0 Å². The fourth-order valence-corrected chi connectivity index (χ4v) is 2.61. The second-order valence-corrected chi connectivity index (χ2v) is 5.39. The summed E-state index contributed by atoms with van der Waals surface area (Å²) in [7, 11) is 1.83. The number of carbonyl (C=O) groups excluding carboxylic acids is 1. The molecule has 2 aromatic rings. The molecule has 0 radical (unpaired) electrons. The summed E-state index contributed by atoms with van der Waals surface area (Å²) in [5.41, 5.74) is 2.07. The summed E-state index contributed by atoms with van der Waals surface area (Å²) in [6.07, 6.45) is 4.73. The van der Waals surface area contributed by atoms with Crippen LogP contribution in [0.5, 0.6) is 0 Å². The maximum absolute atomic E-state index is 12.1. The Kier molecular flexibility index (Phi) is 3.88. The highest BCUT2D eigenvalue weighted by Crippen LogP contribution is 2.18. The topological polar surface area (TPSA) is 66.2 Å². The molecule has 1 unspecified atom stereocenters. The lowest BCUT2D eigenvalue weighted by Crippen LogP contribution is -2.26. The molecular weight excluding hydrogens is 270 g/mol. The summed E-state index contributed by atoms with van der Waals surface area (Å²) in [4.78, 5) is 16.4. The SMILES string of the molecule is Cc1nn(C)c2ncc(C(=O)OCC3CCCCO3)cc12. The molecule has 0 aliphatic carbocycles. The van der Waals surface area contributed by atoms with Crippen molar-refractivity contribution >= 4 is 17.0 Å². The molecular formula is C15H19N3O3. The first-order valence-electron chi connectivity index (χ1n) is 7.23. The highest BCUT2D eigenvalue weighted by atomic mass is 16.6. The summed E-state index contributed by atoms with van der Waals surface area (Å²) in [5, 5.41) is 5.17. The van der Waals surface area contributed by atoms with E-state index in [9.17, 15) is 4.79 Å². The maximum atomic E-state index is 12.1. The Balaban J connectivity index is 1.70. The van der Waals surface area contributed by atoms with E-state index in [2.05, 4.69) is 10.1 Å². The van der Waals surface area contributed by atoms with Crippen LogP contribution in [0.25, 0.3) is 11.0 Å². The molecule has 1 atom stereocenters. The number of carbonyl (C=O) groups is 1. The predicted octanol–water partition coefficient (Wildman–Crippen LogP) is 2.00. The van der Waals surface area contributed by atoms with Crippen LogP contribution in [0.1, 0.15) is 35.3 Å². The maximum Gasteiger partial charge on any atom is 0.339 e. The first-order chi connectivity index (χ1) is 10.1. The summed E-state index contributed by atoms with van der Waals surface area (Å²) in [6, 6.07) is 1.79. The Bertz CT molecular complexity index is 659. The predicted molar refractivity (Wildman–Crippen MR) is 77.1 cm³/mol. The Morgan fingerprint density at radius 1 is 1.52 bits per heavy atom. The molecule has 0 saturated carbocycles. The van der Waals surface area contributed by atoms with Crippen LogP contribution in [0, 0.1) is 6.92 Å². The number of hydrogen-bond donors (Lipinski definition) is 0. The monoisotopic (exact) mass is 289 g/mol. The van der Waals surface area contributed by atoms with Crippen molar-refractivity contribution in [1.29, 1.82) is 0 Å². The van der Waals surface area contributed by atoms with Gasteiger partial charge in [0.05, 0.1) is 17.4 Å². The van der Waals surface area contributed by atoms with Crippen LogP contribution in [-0.4, -0.2) is 40.1 Å². The average Bonchev–Trinajstić information content (AvgIpc) is 2.80. The van der Waals surface area contributed by atoms with Gasteiger partial charge in [0.1, 0.15) is 6.61 Å². The molecule has 0 spiro atoms. The number of aromatic nitrogens is 3. The normalized spacial score (nSPS) is 18.9. The van der Waals surface area contributed by atoms with E-state index in [0.29, 0.717) is 12.2 Å². The van der Waals surface area contributed by atoms with Crippen molar-refractivity contribution < 1.29 is 14.3 Å². The van der Waals surface area contributed by atoms with Gasteiger partial charge in [0.15, 0.2) is 5.65 Å². The van der Waals surface area contributed by atoms with Gasteiger partial charge in [-0.25, -0.2) is 9.78 Å². The fraction of sp³-hybridized carbons (Fsp3) is 0.533. The molecule has 0 N–H and O–H groups in total. The molecule has 0 bridgehead atoms. The number of hydrogen-bond acceptors (Lipinski definition) is 5. The van der Waals surface area contributed by atoms with Crippen molar-refractivity contribution in [1.82, 2.24) is 14.8 Å². The molecule has 6 nitrogen and oxygen atoms in total. The van der Waals surface area contributed by atoms with Crippen LogP contribution < -0.4 is 0 Å². The molecule has 3 rings (SSSR count). The van der Waals surface area contributed by atoms with Gasteiger partial charge < -0.3 is 9.47 Å². The Labute approximate surface area is 123 Å². The minimum atomic E-state index is -0.359. The van der Waals surface area contributed by atoms with E-state index in [-0.39, 0.29) is 12.1 Å². The largest absolute Gasteiger partial charge is 0.459 e. The molecule has 1 saturated heterocycles. The van der Waals surface area contributed by atoms with Crippen molar-refractivity contribution in [3.8, 4) is 0 Å². The van der Waals surface area contributed by atoms with Gasteiger partial charge >= 0.3 is 5.97 Å². The van der Waals surface area contributed by atoms with Crippen LogP contribution in [-0.2, 0) is 16.5 Å². The average molecular weight is 289 g/mol. The number of ether oxygens (including phenoxy) is 2. The first kappa shape index (κ1) is 14.0. The lowest BCUT2D eigenvalue weighted by Gasteiger charge is -2.22. The van der Waals surface area contributed by atoms with Crippen LogP contribution >= 0.6 is 0 Å². The van der Waals surface area contributed by atoms with Crippen LogP contribution in [0.4, 0.5) is 0 Å². The van der Waals surface area contributed by atoms with Gasteiger partial charge in [-0.2, -0.15) is 5.10 Å². The van der Waals surface area contributed by atoms with Gasteiger partial charge in [-0.3, -0.25) is 4.68 Å². The van der Waals surface area contributed by atoms with Crippen LogP contribution in [0.15, 0.2) is 12.3 Å². The molecule has 0 amide bonds. The molecule has 3 heterocycles. The van der Waals surface area contributed by atoms with Crippen LogP contribution in [0.2, 0.25) is 0 Å². The van der Waals surface area contributed by atoms with Gasteiger partial charge in [0.25, 0.3) is 0 Å². The third-order valence-corrected chi connectivity index (χ3v) is 3.77. The number of nitrogens with zero attached hydrogens (tertiary/aromatic N) is 3. The first-order valence-corrected chi connectivity index (χ1v) is 7.23. The third-order valence-electron chi connectivity index (χ3n) is 3.77. The summed E-state index contributed by atoms with van der Waals surface area (Å²) in [5.74, 6) is -0.359. The molecule has 2 aromatic heterocycles. The summed E-state index contributed by atoms with van der Waals surface area (Å²) < 4.78 is 12.6. The highest BCUT2D eigenvalue weighted by Gasteiger charge is 2.18. The van der Waals surface area contributed by atoms with Gasteiger partial charge in [0.2, 0.25) is 0 Å². The van der Waals surface area contributed by atoms with Gasteiger partial charge in [0, 0.05) is 25.2 Å². The Morgan fingerprint density at radius 3 is 3.14 bits per heavy atom. The molecule has 112 valence electrons. The second kappa shape index (κ2) is 5.81. The lowest BCUT2D eigenvalue weighted by atomic mass is 10.1. The van der Waals surface area contributed by atoms with Gasteiger partial charge in [-0.05, 0) is 32.3 Å². The van der Waals surface area contributed by atoms with E-state index in [1.807, 2.05) is 14.0 Å². The minimum absolute atomic E-state index is 0.0273. The van der Waals surface area contributed by atoms with Crippen LogP contribution in [0.3, 0.4) is 0 Å². The molecule has 1 aliphatic rings. The van der Waals surface area contributed by atoms with Crippen molar-refractivity contribution in [2.24, 2.45) is 7.05 Å². The fourth-order valence-electron chi connectivity index (χ4n) is 2.61. The van der Waals surface area contributed by atoms with E-state index < -0.39 is 0 Å². The molecule has 1 fully saturated rings. The van der Waals surface area contributed by atoms with Crippen molar-refractivity contribution in [2.75, 3.05) is 13.2 Å². The van der Waals surface area contributed by atoms with Gasteiger partial charge in [-0.1, -0.05) is 0 Å². The smallest absolute Gasteiger partial charge is 0.339 e. The van der Waals surface area contributed by atoms with E-state index in [0.717, 1.165) is 42.6 Å². The molecule has 21 heavy (non-hydrogen) atoms. The molecule has 1 aliphatic heterocycles. The van der Waals surface area contributed by atoms with Crippen molar-refractivity contribution in [3.63, 3.8) is 0 Å². The van der Waals surface area contributed by atoms with E-state index in [4.69, 9.17) is 9.47 Å². The standard InChI is InChI=1S/C15H19N3O3/c1-10-13-7-11(8-16-14(13)18(2)17-10)15(19)21-9-12-5-3-4-6-20-12/h7-8,12H,3-6,9H2,1-2H3. The van der Waals surface area contributed by atoms with E-state index in [1.165, 1.54) is 6.20 Å². The van der Waals surface area contributed by atoms with E-state index in [1.54, 1.807) is 10.7 Å². The zero-order chi connectivity index (χ0) is 14.8. The zero-order valence-corrected chi connectivity index (χ0v) is 12.3. The number of fused-ring (bicyclic) bond motifs is 1. The highest BCUT2D eigenvalue weighted by molar-refractivity contribution is 5.93. The quantitative estimate of drug-likeness (QED) is 0.809. The number of rotatable bonds is 3. The van der Waals surface area contributed by atoms with Gasteiger partial charge in [-0.15, -0.1) is 0 Å². The summed E-state index contributed by atoms with van der Waals surface area (Å²) >= 11 is 0. The second-order valence-electron chi connectivity index (χ2n) is 5.39. The summed E-state index contributed by atoms with van der Waals surface area (Å²) in [6.45, 7) is 2.96. The third kappa shape index (κ3) is 2.90. The number of aryl methyl sites for hydroxylation is 2. The molecule has 6 heteroatoms. The minimum Gasteiger partial charge on any atom is -0.459 e. The number of esters is 1. The Hall–Kier alpha value is -1.95. The number of pyridine rings is 1. The Morgan fingerprint density at radius 2 is 2.38 bits per heavy atom.